The van der Waals surface area contributed by atoms with Crippen LogP contribution < -0.4 is 5.32 Å². The zero-order valence-electron chi connectivity index (χ0n) is 7.10. The highest BCUT2D eigenvalue weighted by Crippen LogP contribution is 2.30. The van der Waals surface area contributed by atoms with Crippen LogP contribution in [0.25, 0.3) is 0 Å². The summed E-state index contributed by atoms with van der Waals surface area (Å²) >= 11 is 0. The lowest BCUT2D eigenvalue weighted by atomic mass is 9.85. The van der Waals surface area contributed by atoms with Crippen LogP contribution in [0.1, 0.15) is 0 Å². The zero-order valence-corrected chi connectivity index (χ0v) is 7.10. The number of carbonyl (C=O) groups excluding carboxylic acids is 1. The molecule has 0 amide bonds. The van der Waals surface area contributed by atoms with Crippen LogP contribution in [-0.4, -0.2) is 24.0 Å². The predicted octanol–water partition coefficient (Wildman–Crippen LogP) is 0.146. The first-order valence-electron chi connectivity index (χ1n) is 4.26. The molecule has 0 bridgehead atoms. The number of fused-ring (bicyclic) bond motifs is 1. The van der Waals surface area contributed by atoms with Crippen molar-refractivity contribution >= 4 is 6.29 Å². The number of carbonyl (C=O) groups is 1. The molecular formula is C10H11NO2. The van der Waals surface area contributed by atoms with Crippen LogP contribution in [-0.2, 0) is 4.79 Å². The van der Waals surface area contributed by atoms with E-state index in [-0.39, 0.29) is 18.6 Å². The normalized spacial score (nSPS) is 30.2. The number of aliphatic hydroxyl groups excluding tert-OH is 1. The van der Waals surface area contributed by atoms with Gasteiger partial charge in [0.25, 0.3) is 0 Å². The number of nitrogens with one attached hydrogen (secondary N) is 1. The molecule has 1 aliphatic carbocycles. The van der Waals surface area contributed by atoms with E-state index in [0.29, 0.717) is 0 Å². The van der Waals surface area contributed by atoms with Crippen molar-refractivity contribution in [3.63, 3.8) is 0 Å². The molecule has 1 aliphatic heterocycles. The van der Waals surface area contributed by atoms with Gasteiger partial charge in [0.1, 0.15) is 6.29 Å². The van der Waals surface area contributed by atoms with Crippen molar-refractivity contribution in [3.05, 3.63) is 35.6 Å². The van der Waals surface area contributed by atoms with Gasteiger partial charge >= 0.3 is 0 Å². The van der Waals surface area contributed by atoms with E-state index in [1.165, 1.54) is 0 Å². The summed E-state index contributed by atoms with van der Waals surface area (Å²) in [7, 11) is 0. The third kappa shape index (κ3) is 1.21. The summed E-state index contributed by atoms with van der Waals surface area (Å²) in [5.74, 6) is 0.0347. The second kappa shape index (κ2) is 3.18. The summed E-state index contributed by atoms with van der Waals surface area (Å²) in [4.78, 5) is 10.7. The van der Waals surface area contributed by atoms with E-state index in [9.17, 15) is 4.79 Å². The minimum absolute atomic E-state index is 0.00713. The molecule has 2 atom stereocenters. The summed E-state index contributed by atoms with van der Waals surface area (Å²) in [6, 6.07) is 0.146. The number of aliphatic hydroxyl groups is 1. The average molecular weight is 177 g/mol. The van der Waals surface area contributed by atoms with Gasteiger partial charge in [0.2, 0.25) is 0 Å². The first kappa shape index (κ1) is 8.26. The van der Waals surface area contributed by atoms with Crippen LogP contribution in [0.5, 0.6) is 0 Å². The molecule has 3 nitrogen and oxygen atoms in total. The Morgan fingerprint density at radius 3 is 3.15 bits per heavy atom. The maximum Gasteiger partial charge on any atom is 0.146 e. The van der Waals surface area contributed by atoms with Gasteiger partial charge in [-0.15, -0.1) is 0 Å². The molecule has 0 spiro atoms. The van der Waals surface area contributed by atoms with Crippen LogP contribution in [0.4, 0.5) is 0 Å². The lowest BCUT2D eigenvalue weighted by molar-refractivity contribution is -0.105. The summed E-state index contributed by atoms with van der Waals surface area (Å²) in [6.45, 7) is 0.00713. The van der Waals surface area contributed by atoms with Gasteiger partial charge in [-0.3, -0.25) is 4.79 Å². The zero-order chi connectivity index (χ0) is 9.26. The van der Waals surface area contributed by atoms with E-state index in [0.717, 1.165) is 17.4 Å². The van der Waals surface area contributed by atoms with E-state index in [1.54, 1.807) is 12.3 Å². The van der Waals surface area contributed by atoms with Crippen molar-refractivity contribution in [2.45, 2.75) is 6.04 Å². The highest BCUT2D eigenvalue weighted by molar-refractivity contribution is 5.77. The first-order chi connectivity index (χ1) is 6.36. The molecule has 2 unspecified atom stereocenters. The van der Waals surface area contributed by atoms with Crippen molar-refractivity contribution in [2.75, 3.05) is 6.61 Å². The molecule has 1 heterocycles. The number of hydrogen-bond acceptors (Lipinski definition) is 3. The smallest absolute Gasteiger partial charge is 0.146 e. The Hall–Kier alpha value is -1.35. The molecule has 0 aromatic carbocycles. The number of allylic oxidation sites excluding steroid dienone is 2. The third-order valence-electron chi connectivity index (χ3n) is 2.50. The van der Waals surface area contributed by atoms with Gasteiger partial charge < -0.3 is 10.4 Å². The monoisotopic (exact) mass is 177 g/mol. The fraction of sp³-hybridized carbons (Fsp3) is 0.300. The van der Waals surface area contributed by atoms with Gasteiger partial charge in [0, 0.05) is 11.5 Å². The molecule has 0 saturated carbocycles. The van der Waals surface area contributed by atoms with E-state index in [4.69, 9.17) is 5.11 Å². The SMILES string of the molecule is O=CC1=CC=CC2NC=C(CO)C12. The minimum Gasteiger partial charge on any atom is -0.392 e. The van der Waals surface area contributed by atoms with E-state index in [1.807, 2.05) is 12.2 Å². The lowest BCUT2D eigenvalue weighted by Crippen LogP contribution is -2.29. The third-order valence-corrected chi connectivity index (χ3v) is 2.50. The molecule has 0 fully saturated rings. The Bertz CT molecular complexity index is 315. The Morgan fingerprint density at radius 1 is 1.62 bits per heavy atom. The topological polar surface area (TPSA) is 49.3 Å². The molecule has 13 heavy (non-hydrogen) atoms. The average Bonchev–Trinajstić information content (AvgIpc) is 2.60. The molecule has 68 valence electrons. The van der Waals surface area contributed by atoms with E-state index >= 15 is 0 Å². The molecular weight excluding hydrogens is 166 g/mol. The van der Waals surface area contributed by atoms with Gasteiger partial charge in [0.05, 0.1) is 12.6 Å². The summed E-state index contributed by atoms with van der Waals surface area (Å²) in [5.41, 5.74) is 1.62. The van der Waals surface area contributed by atoms with Crippen molar-refractivity contribution in [1.29, 1.82) is 0 Å². The van der Waals surface area contributed by atoms with Crippen LogP contribution in [0, 0.1) is 5.92 Å². The van der Waals surface area contributed by atoms with Crippen molar-refractivity contribution < 1.29 is 9.90 Å². The lowest BCUT2D eigenvalue weighted by Gasteiger charge is -2.21. The minimum atomic E-state index is 0.00713. The molecule has 2 N–H and O–H groups in total. The molecule has 0 aromatic rings. The maximum atomic E-state index is 10.7. The molecule has 2 rings (SSSR count). The fourth-order valence-electron chi connectivity index (χ4n) is 1.85. The van der Waals surface area contributed by atoms with Crippen LogP contribution in [0.3, 0.4) is 0 Å². The second-order valence-corrected chi connectivity index (χ2v) is 3.22. The van der Waals surface area contributed by atoms with Gasteiger partial charge in [-0.05, 0) is 11.8 Å². The molecule has 0 aromatic heterocycles. The standard InChI is InChI=1S/C10H11NO2/c12-5-7-2-1-3-9-10(7)8(6-13)4-11-9/h1-5,9-11,13H,6H2. The van der Waals surface area contributed by atoms with Crippen molar-refractivity contribution in [1.82, 2.24) is 5.32 Å². The quantitative estimate of drug-likeness (QED) is 0.590. The predicted molar refractivity (Wildman–Crippen MR) is 48.9 cm³/mol. The highest BCUT2D eigenvalue weighted by atomic mass is 16.3. The molecule has 2 aliphatic rings. The van der Waals surface area contributed by atoms with Crippen molar-refractivity contribution in [3.8, 4) is 0 Å². The second-order valence-electron chi connectivity index (χ2n) is 3.22. The largest absolute Gasteiger partial charge is 0.392 e. The Balaban J connectivity index is 2.31. The highest BCUT2D eigenvalue weighted by Gasteiger charge is 2.31. The summed E-state index contributed by atoms with van der Waals surface area (Å²) in [6.07, 6.45) is 8.31. The molecule has 3 heteroatoms. The van der Waals surface area contributed by atoms with Gasteiger partial charge in [0.15, 0.2) is 0 Å². The van der Waals surface area contributed by atoms with Crippen LogP contribution >= 0.6 is 0 Å². The maximum absolute atomic E-state index is 10.7. The fourth-order valence-corrected chi connectivity index (χ4v) is 1.85. The molecule has 0 radical (unpaired) electrons. The van der Waals surface area contributed by atoms with Crippen LogP contribution in [0.2, 0.25) is 0 Å². The Morgan fingerprint density at radius 2 is 2.46 bits per heavy atom. The number of rotatable bonds is 2. The number of hydrogen-bond donors (Lipinski definition) is 2. The Kier molecular flexibility index (Phi) is 2.02. The number of aldehydes is 1. The van der Waals surface area contributed by atoms with E-state index in [2.05, 4.69) is 5.32 Å². The van der Waals surface area contributed by atoms with Gasteiger partial charge in [-0.25, -0.2) is 0 Å². The van der Waals surface area contributed by atoms with Crippen molar-refractivity contribution in [2.24, 2.45) is 5.92 Å². The first-order valence-corrected chi connectivity index (χ1v) is 4.26. The summed E-state index contributed by atoms with van der Waals surface area (Å²) in [5, 5.41) is 12.2. The van der Waals surface area contributed by atoms with Gasteiger partial charge in [-0.2, -0.15) is 0 Å². The summed E-state index contributed by atoms with van der Waals surface area (Å²) < 4.78 is 0. The van der Waals surface area contributed by atoms with Gasteiger partial charge in [-0.1, -0.05) is 18.2 Å². The molecule has 0 saturated heterocycles. The Labute approximate surface area is 76.4 Å². The van der Waals surface area contributed by atoms with Crippen LogP contribution in [0.15, 0.2) is 35.6 Å². The van der Waals surface area contributed by atoms with E-state index < -0.39 is 0 Å².